The Morgan fingerprint density at radius 2 is 0.854 bits per heavy atom. The molecule has 9 aromatic rings. The maximum absolute atomic E-state index is 6.85. The second-order valence-electron chi connectivity index (χ2n) is 12.1. The Hall–Kier alpha value is -6.38. The van der Waals surface area contributed by atoms with Gasteiger partial charge in [0.25, 0.3) is 0 Å². The summed E-state index contributed by atoms with van der Waals surface area (Å²) in [6, 6.07) is 66.6. The van der Waals surface area contributed by atoms with E-state index in [4.69, 9.17) is 4.42 Å². The van der Waals surface area contributed by atoms with Crippen molar-refractivity contribution in [2.75, 3.05) is 4.90 Å². The number of hydrogen-bond acceptors (Lipinski definition) is 2. The normalized spacial score (nSPS) is 11.3. The highest BCUT2D eigenvalue weighted by molar-refractivity contribution is 6.19. The maximum atomic E-state index is 6.85. The van der Waals surface area contributed by atoms with Gasteiger partial charge in [0.05, 0.1) is 0 Å². The standard InChI is InChI=1S/C46H31NO/c1-4-13-35(14-5-1)44-40-20-11-10-15-36(40)31-43-42-22-12-21-41(45(42)48-46(43)44)34-25-23-32(24-26-34)33-27-29-39(30-28-33)47(37-16-6-2-7-17-37)38-18-8-3-9-19-38/h1-31H. The molecule has 9 rings (SSSR count). The van der Waals surface area contributed by atoms with E-state index in [0.29, 0.717) is 0 Å². The number of benzene rings is 8. The molecule has 0 saturated carbocycles. The summed E-state index contributed by atoms with van der Waals surface area (Å²) in [4.78, 5) is 2.28. The largest absolute Gasteiger partial charge is 0.455 e. The monoisotopic (exact) mass is 613 g/mol. The molecular formula is C46H31NO. The van der Waals surface area contributed by atoms with Crippen molar-refractivity contribution in [3.8, 4) is 33.4 Å². The zero-order valence-electron chi connectivity index (χ0n) is 26.3. The van der Waals surface area contributed by atoms with Crippen LogP contribution in [-0.4, -0.2) is 0 Å². The van der Waals surface area contributed by atoms with Crippen LogP contribution in [0.1, 0.15) is 0 Å². The van der Waals surface area contributed by atoms with E-state index in [1.54, 1.807) is 0 Å². The number of para-hydroxylation sites is 3. The van der Waals surface area contributed by atoms with Gasteiger partial charge in [-0.15, -0.1) is 0 Å². The van der Waals surface area contributed by atoms with Crippen LogP contribution in [0.25, 0.3) is 66.1 Å². The predicted molar refractivity (Wildman–Crippen MR) is 202 cm³/mol. The number of furan rings is 1. The van der Waals surface area contributed by atoms with Gasteiger partial charge in [0.2, 0.25) is 0 Å². The van der Waals surface area contributed by atoms with E-state index in [0.717, 1.165) is 61.3 Å². The van der Waals surface area contributed by atoms with Crippen molar-refractivity contribution in [2.24, 2.45) is 0 Å². The van der Waals surface area contributed by atoms with Crippen molar-refractivity contribution in [2.45, 2.75) is 0 Å². The van der Waals surface area contributed by atoms with Gasteiger partial charge in [-0.2, -0.15) is 0 Å². The fourth-order valence-electron chi connectivity index (χ4n) is 6.96. The van der Waals surface area contributed by atoms with Crippen molar-refractivity contribution in [3.63, 3.8) is 0 Å². The summed E-state index contributed by atoms with van der Waals surface area (Å²) in [5.41, 5.74) is 12.1. The Morgan fingerprint density at radius 3 is 1.52 bits per heavy atom. The van der Waals surface area contributed by atoms with Gasteiger partial charge in [0.15, 0.2) is 0 Å². The molecule has 48 heavy (non-hydrogen) atoms. The summed E-state index contributed by atoms with van der Waals surface area (Å²) >= 11 is 0. The van der Waals surface area contributed by atoms with Gasteiger partial charge in [-0.1, -0.05) is 146 Å². The molecule has 0 radical (unpaired) electrons. The Labute approximate surface area is 279 Å². The van der Waals surface area contributed by atoms with Crippen LogP contribution in [0.2, 0.25) is 0 Å². The lowest BCUT2D eigenvalue weighted by Crippen LogP contribution is -2.09. The van der Waals surface area contributed by atoms with Crippen molar-refractivity contribution >= 4 is 49.8 Å². The highest BCUT2D eigenvalue weighted by Crippen LogP contribution is 2.44. The molecule has 1 aromatic heterocycles. The third-order valence-corrected chi connectivity index (χ3v) is 9.26. The summed E-state index contributed by atoms with van der Waals surface area (Å²) in [7, 11) is 0. The number of hydrogen-bond donors (Lipinski definition) is 0. The van der Waals surface area contributed by atoms with E-state index < -0.39 is 0 Å². The molecule has 0 atom stereocenters. The Kier molecular flexibility index (Phi) is 6.84. The molecule has 2 heteroatoms. The molecule has 0 aliphatic heterocycles. The molecule has 226 valence electrons. The van der Waals surface area contributed by atoms with Crippen LogP contribution in [0.5, 0.6) is 0 Å². The average molecular weight is 614 g/mol. The molecule has 0 aliphatic carbocycles. The molecule has 0 aliphatic rings. The van der Waals surface area contributed by atoms with Crippen molar-refractivity contribution in [1.82, 2.24) is 0 Å². The van der Waals surface area contributed by atoms with Gasteiger partial charge >= 0.3 is 0 Å². The van der Waals surface area contributed by atoms with Crippen LogP contribution in [0.3, 0.4) is 0 Å². The zero-order valence-corrected chi connectivity index (χ0v) is 26.3. The van der Waals surface area contributed by atoms with Crippen molar-refractivity contribution in [3.05, 3.63) is 188 Å². The second-order valence-corrected chi connectivity index (χ2v) is 12.1. The lowest BCUT2D eigenvalue weighted by Gasteiger charge is -2.25. The lowest BCUT2D eigenvalue weighted by molar-refractivity contribution is 0.671. The minimum atomic E-state index is 0.916. The summed E-state index contributed by atoms with van der Waals surface area (Å²) < 4.78 is 6.85. The van der Waals surface area contributed by atoms with Gasteiger partial charge in [-0.25, -0.2) is 0 Å². The second kappa shape index (κ2) is 11.8. The van der Waals surface area contributed by atoms with Crippen molar-refractivity contribution < 1.29 is 4.42 Å². The average Bonchev–Trinajstić information content (AvgIpc) is 3.54. The van der Waals surface area contributed by atoms with E-state index in [1.807, 2.05) is 0 Å². The first-order valence-corrected chi connectivity index (χ1v) is 16.4. The summed E-state index contributed by atoms with van der Waals surface area (Å²) in [5.74, 6) is 0. The molecule has 0 amide bonds. The van der Waals surface area contributed by atoms with E-state index in [-0.39, 0.29) is 0 Å². The van der Waals surface area contributed by atoms with E-state index in [1.165, 1.54) is 21.9 Å². The highest BCUT2D eigenvalue weighted by atomic mass is 16.3. The topological polar surface area (TPSA) is 16.4 Å². The third-order valence-electron chi connectivity index (χ3n) is 9.26. The molecule has 0 spiro atoms. The van der Waals surface area contributed by atoms with Gasteiger partial charge in [0, 0.05) is 39.0 Å². The fraction of sp³-hybridized carbons (Fsp3) is 0. The molecule has 2 nitrogen and oxygen atoms in total. The minimum absolute atomic E-state index is 0.916. The van der Waals surface area contributed by atoms with E-state index in [9.17, 15) is 0 Å². The molecule has 0 N–H and O–H groups in total. The first kappa shape index (κ1) is 27.9. The zero-order chi connectivity index (χ0) is 31.9. The molecule has 0 unspecified atom stereocenters. The molecular weight excluding hydrogens is 583 g/mol. The van der Waals surface area contributed by atoms with Gasteiger partial charge in [-0.3, -0.25) is 0 Å². The summed E-state index contributed by atoms with van der Waals surface area (Å²) in [6.07, 6.45) is 0. The quantitative estimate of drug-likeness (QED) is 0.185. The summed E-state index contributed by atoms with van der Waals surface area (Å²) in [6.45, 7) is 0. The van der Waals surface area contributed by atoms with Crippen LogP contribution in [0.4, 0.5) is 17.1 Å². The maximum Gasteiger partial charge on any atom is 0.143 e. The number of nitrogens with zero attached hydrogens (tertiary/aromatic N) is 1. The van der Waals surface area contributed by atoms with Crippen molar-refractivity contribution in [1.29, 1.82) is 0 Å². The Balaban J connectivity index is 1.09. The van der Waals surface area contributed by atoms with Gasteiger partial charge in [0.1, 0.15) is 11.2 Å². The van der Waals surface area contributed by atoms with Gasteiger partial charge < -0.3 is 9.32 Å². The number of anilines is 3. The van der Waals surface area contributed by atoms with Crippen LogP contribution in [0, 0.1) is 0 Å². The van der Waals surface area contributed by atoms with E-state index >= 15 is 0 Å². The first-order chi connectivity index (χ1) is 23.8. The van der Waals surface area contributed by atoms with Gasteiger partial charge in [-0.05, 0) is 75.5 Å². The fourth-order valence-corrected chi connectivity index (χ4v) is 6.96. The molecule has 1 heterocycles. The summed E-state index contributed by atoms with van der Waals surface area (Å²) in [5, 5.41) is 4.68. The molecule has 0 bridgehead atoms. The first-order valence-electron chi connectivity index (χ1n) is 16.4. The lowest BCUT2D eigenvalue weighted by atomic mass is 9.94. The molecule has 0 saturated heterocycles. The molecule has 0 fully saturated rings. The van der Waals surface area contributed by atoms with Crippen LogP contribution in [0.15, 0.2) is 192 Å². The minimum Gasteiger partial charge on any atom is -0.455 e. The number of rotatable bonds is 6. The van der Waals surface area contributed by atoms with E-state index in [2.05, 4.69) is 193 Å². The smallest absolute Gasteiger partial charge is 0.143 e. The van der Waals surface area contributed by atoms with Crippen LogP contribution >= 0.6 is 0 Å². The van der Waals surface area contributed by atoms with Crippen LogP contribution < -0.4 is 4.90 Å². The van der Waals surface area contributed by atoms with Crippen LogP contribution in [-0.2, 0) is 0 Å². The Morgan fingerprint density at radius 1 is 0.333 bits per heavy atom. The SMILES string of the molecule is c1ccc(-c2c3ccccc3cc3c2oc2c(-c4ccc(-c5ccc(N(c6ccccc6)c6ccccc6)cc5)cc4)cccc23)cc1. The molecule has 8 aromatic carbocycles. The Bertz CT molecular complexity index is 2480. The highest BCUT2D eigenvalue weighted by Gasteiger charge is 2.19. The number of fused-ring (bicyclic) bond motifs is 4. The predicted octanol–water partition coefficient (Wildman–Crippen LogP) is 13.2. The third kappa shape index (κ3) is 4.83.